The lowest BCUT2D eigenvalue weighted by atomic mass is 10.1. The van der Waals surface area contributed by atoms with E-state index < -0.39 is 0 Å². The van der Waals surface area contributed by atoms with Crippen molar-refractivity contribution < 1.29 is 13.9 Å². The minimum Gasteiger partial charge on any atom is -0.495 e. The summed E-state index contributed by atoms with van der Waals surface area (Å²) in [5, 5.41) is 0. The molecule has 2 aromatic heterocycles. The third kappa shape index (κ3) is 2.34. The summed E-state index contributed by atoms with van der Waals surface area (Å²) in [6.45, 7) is 0.268. The fourth-order valence-electron chi connectivity index (χ4n) is 1.41. The largest absolute Gasteiger partial charge is 0.495 e. The summed E-state index contributed by atoms with van der Waals surface area (Å²) in [5.74, 6) is 1.11. The molecule has 2 heterocycles. The van der Waals surface area contributed by atoms with Crippen molar-refractivity contribution in [3.8, 4) is 5.75 Å². The number of pyridine rings is 1. The summed E-state index contributed by atoms with van der Waals surface area (Å²) < 4.78 is 10.3. The van der Waals surface area contributed by atoms with Crippen LogP contribution in [0.1, 0.15) is 21.9 Å². The number of ketones is 1. The second-order valence-electron chi connectivity index (χ2n) is 3.41. The summed E-state index contributed by atoms with van der Waals surface area (Å²) in [4.78, 5) is 15.9. The van der Waals surface area contributed by atoms with Crippen LogP contribution in [0.15, 0.2) is 35.0 Å². The number of hydrogen-bond acceptors (Lipinski definition) is 5. The number of nitrogens with zero attached hydrogens (tertiary/aromatic N) is 1. The van der Waals surface area contributed by atoms with E-state index in [2.05, 4.69) is 4.98 Å². The first-order valence-corrected chi connectivity index (χ1v) is 5.07. The van der Waals surface area contributed by atoms with E-state index in [0.29, 0.717) is 17.1 Å². The molecule has 5 nitrogen and oxygen atoms in total. The highest BCUT2D eigenvalue weighted by Gasteiger charge is 2.14. The quantitative estimate of drug-likeness (QED) is 0.805. The summed E-state index contributed by atoms with van der Waals surface area (Å²) in [6.07, 6.45) is 3.00. The van der Waals surface area contributed by atoms with Gasteiger partial charge in [0, 0.05) is 11.8 Å². The maximum atomic E-state index is 12.0. The Kier molecular flexibility index (Phi) is 3.20. The first-order chi connectivity index (χ1) is 8.24. The normalized spacial score (nSPS) is 10.2. The zero-order chi connectivity index (χ0) is 12.3. The van der Waals surface area contributed by atoms with Gasteiger partial charge in [0.2, 0.25) is 5.78 Å². The third-order valence-electron chi connectivity index (χ3n) is 2.30. The topological polar surface area (TPSA) is 78.3 Å². The Hall–Kier alpha value is -2.14. The summed E-state index contributed by atoms with van der Waals surface area (Å²) >= 11 is 0. The number of nitrogens with two attached hydrogens (primary N) is 1. The van der Waals surface area contributed by atoms with Gasteiger partial charge in [0.1, 0.15) is 11.5 Å². The highest BCUT2D eigenvalue weighted by atomic mass is 16.5. The molecule has 0 aliphatic carbocycles. The van der Waals surface area contributed by atoms with Gasteiger partial charge in [0.05, 0.1) is 19.9 Å². The fraction of sp³-hybridized carbons (Fsp3) is 0.167. The monoisotopic (exact) mass is 232 g/mol. The third-order valence-corrected chi connectivity index (χ3v) is 2.30. The van der Waals surface area contributed by atoms with Crippen LogP contribution in [0.3, 0.4) is 0 Å². The molecule has 0 saturated carbocycles. The Labute approximate surface area is 98.2 Å². The average Bonchev–Trinajstić information content (AvgIpc) is 2.86. The number of carbonyl (C=O) groups is 1. The predicted octanol–water partition coefficient (Wildman–Crippen LogP) is 1.37. The van der Waals surface area contributed by atoms with Crippen molar-refractivity contribution in [3.63, 3.8) is 0 Å². The van der Waals surface area contributed by atoms with Crippen molar-refractivity contribution in [1.82, 2.24) is 4.98 Å². The van der Waals surface area contributed by atoms with Crippen molar-refractivity contribution in [2.45, 2.75) is 6.54 Å². The maximum absolute atomic E-state index is 12.0. The molecule has 2 N–H and O–H groups in total. The molecule has 0 saturated heterocycles. The van der Waals surface area contributed by atoms with E-state index in [1.807, 2.05) is 0 Å². The second-order valence-corrected chi connectivity index (χ2v) is 3.41. The first-order valence-electron chi connectivity index (χ1n) is 5.07. The fourth-order valence-corrected chi connectivity index (χ4v) is 1.41. The molecule has 5 heteroatoms. The highest BCUT2D eigenvalue weighted by molar-refractivity contribution is 6.07. The lowest BCUT2D eigenvalue weighted by molar-refractivity contribution is 0.101. The first kappa shape index (κ1) is 11.3. The van der Waals surface area contributed by atoms with Crippen molar-refractivity contribution >= 4 is 5.78 Å². The SMILES string of the molecule is COc1cncc(C(=O)c2ccc(CN)o2)c1. The Bertz CT molecular complexity index is 534. The van der Waals surface area contributed by atoms with Crippen LogP contribution in [0.5, 0.6) is 5.75 Å². The minimum absolute atomic E-state index is 0.240. The van der Waals surface area contributed by atoms with Gasteiger partial charge in [0.25, 0.3) is 0 Å². The molecule has 0 unspecified atom stereocenters. The minimum atomic E-state index is -0.240. The summed E-state index contributed by atoms with van der Waals surface area (Å²) in [7, 11) is 1.52. The van der Waals surface area contributed by atoms with E-state index in [9.17, 15) is 4.79 Å². The van der Waals surface area contributed by atoms with Crippen molar-refractivity contribution in [2.24, 2.45) is 5.73 Å². The van der Waals surface area contributed by atoms with Crippen LogP contribution in [0, 0.1) is 0 Å². The van der Waals surface area contributed by atoms with E-state index >= 15 is 0 Å². The molecule has 0 spiro atoms. The van der Waals surface area contributed by atoms with Crippen LogP contribution >= 0.6 is 0 Å². The van der Waals surface area contributed by atoms with Gasteiger partial charge in [-0.05, 0) is 18.2 Å². The van der Waals surface area contributed by atoms with Crippen molar-refractivity contribution in [3.05, 3.63) is 47.7 Å². The standard InChI is InChI=1S/C12H12N2O3/c1-16-10-4-8(6-14-7-10)12(15)11-3-2-9(5-13)17-11/h2-4,6-7H,5,13H2,1H3. The van der Waals surface area contributed by atoms with Crippen molar-refractivity contribution in [1.29, 1.82) is 0 Å². The molecule has 0 amide bonds. The highest BCUT2D eigenvalue weighted by Crippen LogP contribution is 2.16. The Morgan fingerprint density at radius 1 is 1.47 bits per heavy atom. The van der Waals surface area contributed by atoms with Gasteiger partial charge in [-0.3, -0.25) is 9.78 Å². The molecule has 17 heavy (non-hydrogen) atoms. The molecule has 0 aliphatic heterocycles. The second kappa shape index (κ2) is 4.80. The number of furan rings is 1. The molecule has 0 bridgehead atoms. The number of methoxy groups -OCH3 is 1. The van der Waals surface area contributed by atoms with E-state index in [0.717, 1.165) is 0 Å². The lowest BCUT2D eigenvalue weighted by Gasteiger charge is -2.01. The molecular formula is C12H12N2O3. The summed E-state index contributed by atoms with van der Waals surface area (Å²) in [5.41, 5.74) is 5.83. The number of aromatic nitrogens is 1. The van der Waals surface area contributed by atoms with Gasteiger partial charge >= 0.3 is 0 Å². The van der Waals surface area contributed by atoms with Crippen LogP contribution < -0.4 is 10.5 Å². The van der Waals surface area contributed by atoms with Crippen molar-refractivity contribution in [2.75, 3.05) is 7.11 Å². The predicted molar refractivity (Wildman–Crippen MR) is 60.8 cm³/mol. The summed E-state index contributed by atoms with van der Waals surface area (Å²) in [6, 6.07) is 4.89. The van der Waals surface area contributed by atoms with Gasteiger partial charge in [-0.2, -0.15) is 0 Å². The van der Waals surface area contributed by atoms with E-state index in [4.69, 9.17) is 14.9 Å². The van der Waals surface area contributed by atoms with Crippen LogP contribution in [0.2, 0.25) is 0 Å². The molecule has 0 fully saturated rings. The average molecular weight is 232 g/mol. The number of rotatable bonds is 4. The molecule has 0 aliphatic rings. The van der Waals surface area contributed by atoms with E-state index in [-0.39, 0.29) is 18.1 Å². The van der Waals surface area contributed by atoms with Gasteiger partial charge < -0.3 is 14.9 Å². The van der Waals surface area contributed by atoms with Gasteiger partial charge in [-0.25, -0.2) is 0 Å². The van der Waals surface area contributed by atoms with Gasteiger partial charge in [0.15, 0.2) is 5.76 Å². The van der Waals surface area contributed by atoms with Crippen LogP contribution in [-0.4, -0.2) is 17.9 Å². The Morgan fingerprint density at radius 2 is 2.29 bits per heavy atom. The van der Waals surface area contributed by atoms with Gasteiger partial charge in [-0.1, -0.05) is 0 Å². The molecular weight excluding hydrogens is 220 g/mol. The van der Waals surface area contributed by atoms with E-state index in [1.165, 1.54) is 19.5 Å². The van der Waals surface area contributed by atoms with Crippen LogP contribution in [0.4, 0.5) is 0 Å². The molecule has 88 valence electrons. The molecule has 0 aromatic carbocycles. The zero-order valence-corrected chi connectivity index (χ0v) is 9.34. The van der Waals surface area contributed by atoms with Gasteiger partial charge in [-0.15, -0.1) is 0 Å². The van der Waals surface area contributed by atoms with Crippen LogP contribution in [0.25, 0.3) is 0 Å². The zero-order valence-electron chi connectivity index (χ0n) is 9.34. The molecule has 2 aromatic rings. The molecule has 2 rings (SSSR count). The number of carbonyl (C=O) groups excluding carboxylic acids is 1. The number of ether oxygens (including phenoxy) is 1. The maximum Gasteiger partial charge on any atom is 0.229 e. The van der Waals surface area contributed by atoms with E-state index in [1.54, 1.807) is 18.2 Å². The smallest absolute Gasteiger partial charge is 0.229 e. The van der Waals surface area contributed by atoms with Crippen LogP contribution in [-0.2, 0) is 6.54 Å². The lowest BCUT2D eigenvalue weighted by Crippen LogP contribution is -2.01. The Morgan fingerprint density at radius 3 is 2.94 bits per heavy atom. The molecule has 0 radical (unpaired) electrons. The molecule has 0 atom stereocenters. The Balaban J connectivity index is 2.29. The number of hydrogen-bond donors (Lipinski definition) is 1.